The molecule has 0 aliphatic carbocycles. The maximum atomic E-state index is 13.2. The standard InChI is InChI=1S/C26H31FN2O5S2/c1-4-6-7-8-9-16-34-23-17-19(10-15-22(23)33-3)18-24-25(30)29(5-2)26(35-24)28-36(31,32)21-13-11-20(27)12-14-21/h10-15,17-18H,4-9,16H2,1-3H3/b24-18-,28-26+. The second-order valence-electron chi connectivity index (χ2n) is 8.14. The van der Waals surface area contributed by atoms with Crippen molar-refractivity contribution in [2.75, 3.05) is 20.3 Å². The van der Waals surface area contributed by atoms with E-state index in [0.717, 1.165) is 48.9 Å². The molecule has 1 heterocycles. The first-order valence-corrected chi connectivity index (χ1v) is 14.2. The smallest absolute Gasteiger partial charge is 0.284 e. The number of likely N-dealkylation sites (N-methyl/N-ethyl adjacent to an activating group) is 1. The van der Waals surface area contributed by atoms with Gasteiger partial charge in [0.1, 0.15) is 5.82 Å². The van der Waals surface area contributed by atoms with Crippen LogP contribution in [-0.2, 0) is 14.8 Å². The van der Waals surface area contributed by atoms with Crippen LogP contribution in [0.5, 0.6) is 11.5 Å². The maximum absolute atomic E-state index is 13.2. The summed E-state index contributed by atoms with van der Waals surface area (Å²) in [5.74, 6) is 0.286. The number of amidine groups is 1. The van der Waals surface area contributed by atoms with Crippen molar-refractivity contribution in [3.8, 4) is 11.5 Å². The zero-order chi connectivity index (χ0) is 26.1. The highest BCUT2D eigenvalue weighted by Crippen LogP contribution is 2.35. The van der Waals surface area contributed by atoms with E-state index in [0.29, 0.717) is 28.6 Å². The normalized spacial score (nSPS) is 16.2. The average molecular weight is 535 g/mol. The van der Waals surface area contributed by atoms with Gasteiger partial charge in [0.05, 0.1) is 23.5 Å². The Morgan fingerprint density at radius 2 is 1.75 bits per heavy atom. The van der Waals surface area contributed by atoms with Crippen molar-refractivity contribution in [2.45, 2.75) is 50.8 Å². The van der Waals surface area contributed by atoms with Gasteiger partial charge in [-0.2, -0.15) is 8.42 Å². The summed E-state index contributed by atoms with van der Waals surface area (Å²) in [6.07, 6.45) is 7.29. The van der Waals surface area contributed by atoms with E-state index in [-0.39, 0.29) is 22.5 Å². The molecule has 36 heavy (non-hydrogen) atoms. The van der Waals surface area contributed by atoms with Gasteiger partial charge in [-0.3, -0.25) is 9.69 Å². The van der Waals surface area contributed by atoms with Gasteiger partial charge in [0.2, 0.25) is 0 Å². The van der Waals surface area contributed by atoms with Crippen LogP contribution in [0.15, 0.2) is 56.7 Å². The lowest BCUT2D eigenvalue weighted by Gasteiger charge is -2.12. The molecule has 0 unspecified atom stereocenters. The molecule has 0 saturated carbocycles. The summed E-state index contributed by atoms with van der Waals surface area (Å²) < 4.78 is 53.9. The molecule has 1 aliphatic heterocycles. The Kier molecular flexibility index (Phi) is 9.95. The quantitative estimate of drug-likeness (QED) is 0.250. The van der Waals surface area contributed by atoms with E-state index in [1.165, 1.54) is 24.2 Å². The first-order valence-electron chi connectivity index (χ1n) is 11.9. The minimum atomic E-state index is -4.12. The van der Waals surface area contributed by atoms with E-state index >= 15 is 0 Å². The second kappa shape index (κ2) is 12.9. The van der Waals surface area contributed by atoms with E-state index < -0.39 is 15.8 Å². The highest BCUT2D eigenvalue weighted by Gasteiger charge is 2.34. The van der Waals surface area contributed by atoms with Crippen molar-refractivity contribution in [1.29, 1.82) is 0 Å². The molecular weight excluding hydrogens is 503 g/mol. The molecule has 3 rings (SSSR count). The molecule has 0 atom stereocenters. The first-order chi connectivity index (χ1) is 17.3. The topological polar surface area (TPSA) is 85.3 Å². The van der Waals surface area contributed by atoms with Crippen molar-refractivity contribution in [2.24, 2.45) is 4.40 Å². The number of nitrogens with zero attached hydrogens (tertiary/aromatic N) is 2. The number of unbranched alkanes of at least 4 members (excludes halogenated alkanes) is 4. The van der Waals surface area contributed by atoms with Crippen molar-refractivity contribution < 1.29 is 27.1 Å². The number of carbonyl (C=O) groups is 1. The van der Waals surface area contributed by atoms with E-state index in [1.54, 1.807) is 38.3 Å². The van der Waals surface area contributed by atoms with Crippen LogP contribution in [0, 0.1) is 5.82 Å². The van der Waals surface area contributed by atoms with Crippen LogP contribution >= 0.6 is 11.8 Å². The van der Waals surface area contributed by atoms with E-state index in [2.05, 4.69) is 11.3 Å². The fourth-order valence-corrected chi connectivity index (χ4v) is 5.80. The molecule has 0 bridgehead atoms. The average Bonchev–Trinajstić information content (AvgIpc) is 3.14. The van der Waals surface area contributed by atoms with Gasteiger partial charge >= 0.3 is 0 Å². The lowest BCUT2D eigenvalue weighted by molar-refractivity contribution is -0.122. The maximum Gasteiger partial charge on any atom is 0.284 e. The molecule has 1 fully saturated rings. The predicted octanol–water partition coefficient (Wildman–Crippen LogP) is 5.86. The molecule has 0 aromatic heterocycles. The Morgan fingerprint density at radius 1 is 1.03 bits per heavy atom. The number of hydrogen-bond acceptors (Lipinski definition) is 6. The highest BCUT2D eigenvalue weighted by atomic mass is 32.2. The van der Waals surface area contributed by atoms with E-state index in [9.17, 15) is 17.6 Å². The van der Waals surface area contributed by atoms with Crippen LogP contribution in [0.4, 0.5) is 4.39 Å². The summed E-state index contributed by atoms with van der Waals surface area (Å²) in [7, 11) is -2.54. The van der Waals surface area contributed by atoms with Gasteiger partial charge in [0.25, 0.3) is 15.9 Å². The molecule has 2 aromatic carbocycles. The number of halogens is 1. The molecule has 10 heteroatoms. The Balaban J connectivity index is 1.81. The van der Waals surface area contributed by atoms with Crippen molar-refractivity contribution in [3.63, 3.8) is 0 Å². The van der Waals surface area contributed by atoms with Crippen LogP contribution in [0.25, 0.3) is 6.08 Å². The van der Waals surface area contributed by atoms with Crippen LogP contribution in [-0.4, -0.2) is 44.7 Å². The number of rotatable bonds is 12. The van der Waals surface area contributed by atoms with Gasteiger partial charge in [-0.15, -0.1) is 4.40 Å². The molecular formula is C26H31FN2O5S2. The van der Waals surface area contributed by atoms with E-state index in [1.807, 2.05) is 0 Å². The number of benzene rings is 2. The third kappa shape index (κ3) is 7.10. The lowest BCUT2D eigenvalue weighted by atomic mass is 10.1. The van der Waals surface area contributed by atoms with Crippen LogP contribution in [0.1, 0.15) is 51.5 Å². The van der Waals surface area contributed by atoms with Crippen molar-refractivity contribution >= 4 is 38.9 Å². The third-order valence-electron chi connectivity index (χ3n) is 5.50. The fraction of sp³-hybridized carbons (Fsp3) is 0.385. The molecule has 1 saturated heterocycles. The number of hydrogen-bond donors (Lipinski definition) is 0. The molecule has 0 radical (unpaired) electrons. The number of ether oxygens (including phenoxy) is 2. The molecule has 1 aliphatic rings. The van der Waals surface area contributed by atoms with Crippen LogP contribution in [0.3, 0.4) is 0 Å². The first kappa shape index (κ1) is 27.7. The van der Waals surface area contributed by atoms with Gasteiger partial charge in [-0.1, -0.05) is 38.7 Å². The Bertz CT molecular complexity index is 1230. The van der Waals surface area contributed by atoms with Gasteiger partial charge in [0, 0.05) is 6.54 Å². The minimum absolute atomic E-state index is 0.0511. The summed E-state index contributed by atoms with van der Waals surface area (Å²) in [6, 6.07) is 9.77. The molecule has 0 N–H and O–H groups in total. The minimum Gasteiger partial charge on any atom is -0.493 e. The van der Waals surface area contributed by atoms with E-state index in [4.69, 9.17) is 9.47 Å². The predicted molar refractivity (Wildman–Crippen MR) is 141 cm³/mol. The SMILES string of the molecule is CCCCCCCOc1cc(/C=C2\S/C(=N/S(=O)(=O)c3ccc(F)cc3)N(CC)C2=O)ccc1OC. The Morgan fingerprint density at radius 3 is 2.42 bits per heavy atom. The monoisotopic (exact) mass is 534 g/mol. The largest absolute Gasteiger partial charge is 0.493 e. The fourth-order valence-electron chi connectivity index (χ4n) is 3.55. The van der Waals surface area contributed by atoms with Crippen LogP contribution in [0.2, 0.25) is 0 Å². The summed E-state index contributed by atoms with van der Waals surface area (Å²) in [5.41, 5.74) is 0.714. The molecule has 194 valence electrons. The van der Waals surface area contributed by atoms with Gasteiger partial charge in [-0.05, 0) is 73.1 Å². The zero-order valence-corrected chi connectivity index (χ0v) is 22.3. The molecule has 0 spiro atoms. The third-order valence-corrected chi connectivity index (χ3v) is 7.91. The highest BCUT2D eigenvalue weighted by molar-refractivity contribution is 8.19. The summed E-state index contributed by atoms with van der Waals surface area (Å²) in [6.45, 7) is 4.72. The molecule has 2 aromatic rings. The number of thioether (sulfide) groups is 1. The van der Waals surface area contributed by atoms with Crippen molar-refractivity contribution in [1.82, 2.24) is 4.90 Å². The van der Waals surface area contributed by atoms with Gasteiger partial charge < -0.3 is 9.47 Å². The van der Waals surface area contributed by atoms with Gasteiger partial charge in [-0.25, -0.2) is 4.39 Å². The number of amides is 1. The Labute approximate surface area is 216 Å². The zero-order valence-electron chi connectivity index (χ0n) is 20.7. The second-order valence-corrected chi connectivity index (χ2v) is 10.7. The lowest BCUT2D eigenvalue weighted by Crippen LogP contribution is -2.29. The number of sulfonamides is 1. The van der Waals surface area contributed by atoms with Crippen molar-refractivity contribution in [3.05, 3.63) is 58.8 Å². The summed E-state index contributed by atoms with van der Waals surface area (Å²) in [5, 5.41) is 0.0511. The Hall–Kier alpha value is -2.85. The van der Waals surface area contributed by atoms with Gasteiger partial charge in [0.15, 0.2) is 16.7 Å². The molecule has 1 amide bonds. The molecule has 7 nitrogen and oxygen atoms in total. The van der Waals surface area contributed by atoms with Crippen LogP contribution < -0.4 is 9.47 Å². The number of carbonyl (C=O) groups excluding carboxylic acids is 1. The summed E-state index contributed by atoms with van der Waals surface area (Å²) in [4.78, 5) is 14.5. The number of methoxy groups -OCH3 is 1. The summed E-state index contributed by atoms with van der Waals surface area (Å²) >= 11 is 0.978.